The number of halogens is 16. The molecule has 0 aromatic heterocycles. The molecule has 0 bridgehead atoms. The molecule has 0 aliphatic rings. The summed E-state index contributed by atoms with van der Waals surface area (Å²) >= 11 is 0. The second-order valence-corrected chi connectivity index (χ2v) is 11.2. The first-order valence-corrected chi connectivity index (χ1v) is 13.6. The first-order chi connectivity index (χ1) is 18.7. The summed E-state index contributed by atoms with van der Waals surface area (Å²) in [6, 6.07) is 0. The smallest absolute Gasteiger partial charge is 0.281 e. The molecule has 0 amide bonds. The molecule has 0 spiro atoms. The lowest BCUT2D eigenvalue weighted by Crippen LogP contribution is -2.55. The van der Waals surface area contributed by atoms with E-state index in [4.69, 9.17) is 4.55 Å². The Hall–Kier alpha value is -1.29. The molecule has 0 radical (unpaired) electrons. The molecule has 2 atom stereocenters. The van der Waals surface area contributed by atoms with Gasteiger partial charge in [-0.2, -0.15) is 78.7 Å². The largest absolute Gasteiger partial charge is 0.460 e. The molecule has 22 heteroatoms. The van der Waals surface area contributed by atoms with Crippen LogP contribution < -0.4 is 0 Å². The maximum Gasteiger partial charge on any atom is 0.460 e. The van der Waals surface area contributed by atoms with Gasteiger partial charge in [0, 0.05) is 19.8 Å². The molecule has 0 fully saturated rings. The van der Waals surface area contributed by atoms with Gasteiger partial charge in [0.25, 0.3) is 0 Å². The molecule has 0 aromatic rings. The predicted octanol–water partition coefficient (Wildman–Crippen LogP) is 9.19. The van der Waals surface area contributed by atoms with E-state index in [1.165, 1.54) is 13.8 Å². The van der Waals surface area contributed by atoms with Gasteiger partial charge < -0.3 is 0 Å². The molecule has 1 N–H and O–H groups in total. The fourth-order valence-corrected chi connectivity index (χ4v) is 3.75. The molecule has 260 valence electrons. The summed E-state index contributed by atoms with van der Waals surface area (Å²) in [4.78, 5) is 0. The van der Waals surface area contributed by atoms with Gasteiger partial charge in [-0.15, -0.1) is 0 Å². The summed E-state index contributed by atoms with van der Waals surface area (Å²) in [6.45, 7) is 2.08. The van der Waals surface area contributed by atoms with Crippen molar-refractivity contribution in [2.24, 2.45) is 11.8 Å². The van der Waals surface area contributed by atoms with Crippen molar-refractivity contribution in [1.29, 1.82) is 0 Å². The first kappa shape index (κ1) is 41.7. The van der Waals surface area contributed by atoms with E-state index in [9.17, 15) is 78.7 Å². The maximum atomic E-state index is 14.0. The van der Waals surface area contributed by atoms with Gasteiger partial charge in [0.1, 0.15) is 0 Å². The lowest BCUT2D eigenvalue weighted by Gasteiger charge is -2.32. The Kier molecular flexibility index (Phi) is 13.2. The van der Waals surface area contributed by atoms with Gasteiger partial charge in [0.05, 0.1) is 0 Å². The highest BCUT2D eigenvalue weighted by atomic mass is 32.2. The minimum atomic E-state index is -7.11. The molecule has 0 rings (SSSR count). The Morgan fingerprint density at radius 3 is 1.12 bits per heavy atom. The number of hydrogen-bond acceptors (Lipinski definition) is 4. The van der Waals surface area contributed by atoms with Crippen LogP contribution in [0.25, 0.3) is 0 Å². The van der Waals surface area contributed by atoms with E-state index in [-0.39, 0.29) is 25.7 Å². The van der Waals surface area contributed by atoms with E-state index < -0.39 is 102 Å². The van der Waals surface area contributed by atoms with Crippen LogP contribution in [0, 0.1) is 11.8 Å². The average Bonchev–Trinajstić information content (AvgIpc) is 2.77. The summed E-state index contributed by atoms with van der Waals surface area (Å²) in [5.41, 5.74) is 0. The second kappa shape index (κ2) is 13.6. The van der Waals surface area contributed by atoms with Crippen LogP contribution in [0.3, 0.4) is 0 Å². The Bertz CT molecular complexity index is 998. The third-order valence-electron chi connectivity index (χ3n) is 6.41. The maximum absolute atomic E-state index is 14.0. The lowest BCUT2D eigenvalue weighted by atomic mass is 9.86. The van der Waals surface area contributed by atoms with Crippen molar-refractivity contribution in [1.82, 2.24) is 0 Å². The fourth-order valence-electron chi connectivity index (χ4n) is 3.41. The zero-order valence-corrected chi connectivity index (χ0v) is 23.2. The van der Waals surface area contributed by atoms with Gasteiger partial charge in [-0.1, -0.05) is 39.5 Å². The van der Waals surface area contributed by atoms with Crippen LogP contribution in [0.1, 0.15) is 72.1 Å². The van der Waals surface area contributed by atoms with Gasteiger partial charge in [0.15, 0.2) is 0 Å². The van der Waals surface area contributed by atoms with E-state index in [1.54, 1.807) is 0 Å². The van der Waals surface area contributed by atoms with Crippen molar-refractivity contribution >= 4 is 10.1 Å². The molecular formula is C21H28F16O5S. The van der Waals surface area contributed by atoms with Gasteiger partial charge in [0.2, 0.25) is 0 Å². The Morgan fingerprint density at radius 1 is 0.558 bits per heavy atom. The summed E-state index contributed by atoms with van der Waals surface area (Å²) in [5, 5.41) is -6.75. The number of alkyl halides is 16. The van der Waals surface area contributed by atoms with Crippen LogP contribution in [0.4, 0.5) is 70.2 Å². The normalized spacial score (nSPS) is 16.8. The molecule has 0 aliphatic carbocycles. The number of hydrogen-bond donors (Lipinski definition) is 1. The molecule has 0 aliphatic heterocycles. The van der Waals surface area contributed by atoms with Crippen LogP contribution in [-0.4, -0.2) is 60.4 Å². The topological polar surface area (TPSA) is 72.8 Å². The standard InChI is InChI=1S/C21H28F16O5S/c1-4-12(8-10-15(24,25)18(30,31)41-17(28,29)14(3,22)23)6-7-13(5-2)9-11-16(26,27)19(32,33)42-20(34,35)21(36,37)43(38,39)40/h12-13H,4-11H2,1-3H3,(H,38,39,40). The van der Waals surface area contributed by atoms with Crippen LogP contribution in [0.15, 0.2) is 0 Å². The van der Waals surface area contributed by atoms with Crippen LogP contribution in [0.2, 0.25) is 0 Å². The Labute approximate surface area is 235 Å². The van der Waals surface area contributed by atoms with Crippen molar-refractivity contribution < 1.29 is 92.7 Å². The SMILES string of the molecule is CCC(CCC(CC)CCC(F)(F)C(F)(F)OC(F)(F)C(F)(F)S(=O)(=O)O)CCC(F)(F)C(F)(F)OC(F)(F)C(C)(F)F. The molecule has 43 heavy (non-hydrogen) atoms. The second-order valence-electron chi connectivity index (χ2n) is 9.76. The lowest BCUT2D eigenvalue weighted by molar-refractivity contribution is -0.465. The van der Waals surface area contributed by atoms with E-state index in [0.29, 0.717) is 0 Å². The Morgan fingerprint density at radius 2 is 0.860 bits per heavy atom. The monoisotopic (exact) mass is 696 g/mol. The minimum absolute atomic E-state index is 0.0682. The summed E-state index contributed by atoms with van der Waals surface area (Å²) < 4.78 is 248. The highest BCUT2D eigenvalue weighted by molar-refractivity contribution is 7.86. The molecule has 0 aromatic carbocycles. The highest BCUT2D eigenvalue weighted by Gasteiger charge is 2.74. The summed E-state index contributed by atoms with van der Waals surface area (Å²) in [5.74, 6) is -18.3. The molecular weight excluding hydrogens is 668 g/mol. The van der Waals surface area contributed by atoms with Gasteiger partial charge in [-0.05, 0) is 24.7 Å². The van der Waals surface area contributed by atoms with E-state index in [0.717, 1.165) is 0 Å². The van der Waals surface area contributed by atoms with E-state index in [1.807, 2.05) is 0 Å². The number of rotatable bonds is 20. The molecule has 0 saturated carbocycles. The zero-order chi connectivity index (χ0) is 34.7. The molecule has 0 saturated heterocycles. The summed E-state index contributed by atoms with van der Waals surface area (Å²) in [6.07, 6.45) is -31.7. The van der Waals surface area contributed by atoms with Crippen molar-refractivity contribution in [3.05, 3.63) is 0 Å². The molecule has 5 nitrogen and oxygen atoms in total. The average molecular weight is 696 g/mol. The quantitative estimate of drug-likeness (QED) is 0.102. The van der Waals surface area contributed by atoms with Gasteiger partial charge >= 0.3 is 57.6 Å². The van der Waals surface area contributed by atoms with Crippen molar-refractivity contribution in [3.8, 4) is 0 Å². The van der Waals surface area contributed by atoms with Crippen molar-refractivity contribution in [3.63, 3.8) is 0 Å². The molecule has 2 unspecified atom stereocenters. The summed E-state index contributed by atoms with van der Waals surface area (Å²) in [7, 11) is -7.11. The van der Waals surface area contributed by atoms with Crippen LogP contribution in [0.5, 0.6) is 0 Å². The van der Waals surface area contributed by atoms with Crippen molar-refractivity contribution in [2.75, 3.05) is 0 Å². The van der Waals surface area contributed by atoms with Crippen LogP contribution >= 0.6 is 0 Å². The Balaban J connectivity index is 5.34. The third kappa shape index (κ3) is 10.4. The minimum Gasteiger partial charge on any atom is -0.281 e. The first-order valence-electron chi connectivity index (χ1n) is 12.1. The fraction of sp³-hybridized carbons (Fsp3) is 1.00. The highest BCUT2D eigenvalue weighted by Crippen LogP contribution is 2.49. The zero-order valence-electron chi connectivity index (χ0n) is 22.3. The third-order valence-corrected chi connectivity index (χ3v) is 7.29. The van der Waals surface area contributed by atoms with Gasteiger partial charge in [-0.3, -0.25) is 4.55 Å². The van der Waals surface area contributed by atoms with Crippen LogP contribution in [-0.2, 0) is 19.6 Å². The van der Waals surface area contributed by atoms with E-state index in [2.05, 4.69) is 9.47 Å². The van der Waals surface area contributed by atoms with E-state index >= 15 is 0 Å². The van der Waals surface area contributed by atoms with Gasteiger partial charge in [-0.25, -0.2) is 9.47 Å². The molecule has 0 heterocycles. The van der Waals surface area contributed by atoms with Crippen molar-refractivity contribution in [2.45, 2.75) is 120 Å². The number of ether oxygens (including phenoxy) is 2. The predicted molar refractivity (Wildman–Crippen MR) is 114 cm³/mol.